The van der Waals surface area contributed by atoms with Crippen molar-refractivity contribution in [2.75, 3.05) is 0 Å². The average molecular weight is 307 g/mol. The molecule has 0 spiro atoms. The van der Waals surface area contributed by atoms with Crippen LogP contribution in [0.1, 0.15) is 0 Å². The number of halogens is 2. The number of benzene rings is 2. The molecule has 1 heterocycles. The van der Waals surface area contributed by atoms with Crippen LogP contribution in [-0.2, 0) is 0 Å². The molecule has 2 N–H and O–H groups in total. The standard InChI is InChI=1S/C15H8ClFO4/c16-11-8(5-6-9(18)14(11)20)15-12(17)13(19)7-3-1-2-4-10(7)21-15/h1-6,18,20H. The highest BCUT2D eigenvalue weighted by Gasteiger charge is 2.20. The van der Waals surface area contributed by atoms with Gasteiger partial charge in [0.25, 0.3) is 0 Å². The lowest BCUT2D eigenvalue weighted by atomic mass is 10.1. The van der Waals surface area contributed by atoms with E-state index in [1.54, 1.807) is 12.1 Å². The summed E-state index contributed by atoms with van der Waals surface area (Å²) in [5, 5.41) is 18.8. The first kappa shape index (κ1) is 13.5. The molecule has 0 unspecified atom stereocenters. The molecule has 106 valence electrons. The molecule has 0 aliphatic heterocycles. The molecule has 3 aromatic rings. The highest BCUT2D eigenvalue weighted by atomic mass is 35.5. The van der Waals surface area contributed by atoms with Gasteiger partial charge in [0.1, 0.15) is 5.58 Å². The fourth-order valence-corrected chi connectivity index (χ4v) is 2.27. The summed E-state index contributed by atoms with van der Waals surface area (Å²) in [6, 6.07) is 8.59. The van der Waals surface area contributed by atoms with Crippen molar-refractivity contribution in [3.63, 3.8) is 0 Å². The van der Waals surface area contributed by atoms with Crippen LogP contribution in [0.5, 0.6) is 11.5 Å². The number of para-hydroxylation sites is 1. The summed E-state index contributed by atoms with van der Waals surface area (Å²) in [5.74, 6) is -2.56. The number of aromatic hydroxyl groups is 2. The highest BCUT2D eigenvalue weighted by molar-refractivity contribution is 6.35. The van der Waals surface area contributed by atoms with Crippen molar-refractivity contribution in [3.05, 3.63) is 57.5 Å². The Kier molecular flexibility index (Phi) is 3.07. The van der Waals surface area contributed by atoms with Gasteiger partial charge < -0.3 is 14.6 Å². The molecule has 0 amide bonds. The van der Waals surface area contributed by atoms with E-state index in [1.165, 1.54) is 18.2 Å². The maximum absolute atomic E-state index is 14.2. The number of rotatable bonds is 1. The number of phenolic OH excluding ortho intramolecular Hbond substituents is 2. The summed E-state index contributed by atoms with van der Waals surface area (Å²) in [6.45, 7) is 0. The molecule has 1 aromatic heterocycles. The Balaban J connectivity index is 2.39. The predicted molar refractivity (Wildman–Crippen MR) is 76.2 cm³/mol. The number of phenols is 2. The fraction of sp³-hybridized carbons (Fsp3) is 0. The molecule has 0 aliphatic carbocycles. The zero-order valence-electron chi connectivity index (χ0n) is 10.4. The van der Waals surface area contributed by atoms with E-state index in [-0.39, 0.29) is 27.3 Å². The van der Waals surface area contributed by atoms with Crippen LogP contribution >= 0.6 is 11.6 Å². The fourth-order valence-electron chi connectivity index (χ4n) is 2.02. The Morgan fingerprint density at radius 1 is 1.10 bits per heavy atom. The lowest BCUT2D eigenvalue weighted by molar-refractivity contribution is 0.404. The monoisotopic (exact) mass is 306 g/mol. The number of hydrogen-bond acceptors (Lipinski definition) is 4. The van der Waals surface area contributed by atoms with Gasteiger partial charge in [0.15, 0.2) is 17.3 Å². The van der Waals surface area contributed by atoms with Gasteiger partial charge in [-0.25, -0.2) is 0 Å². The van der Waals surface area contributed by atoms with Gasteiger partial charge in [-0.2, -0.15) is 4.39 Å². The normalized spacial score (nSPS) is 11.0. The minimum Gasteiger partial charge on any atom is -0.504 e. The quantitative estimate of drug-likeness (QED) is 0.673. The van der Waals surface area contributed by atoms with E-state index in [0.717, 1.165) is 6.07 Å². The second-order valence-electron chi connectivity index (χ2n) is 4.37. The molecule has 0 aliphatic rings. The predicted octanol–water partition coefficient (Wildman–Crippen LogP) is 3.66. The zero-order valence-corrected chi connectivity index (χ0v) is 11.2. The van der Waals surface area contributed by atoms with E-state index in [1.807, 2.05) is 0 Å². The van der Waals surface area contributed by atoms with Crippen LogP contribution in [0.2, 0.25) is 5.02 Å². The second kappa shape index (κ2) is 4.79. The van der Waals surface area contributed by atoms with Gasteiger partial charge in [0.05, 0.1) is 10.4 Å². The molecule has 6 heteroatoms. The molecular weight excluding hydrogens is 299 g/mol. The van der Waals surface area contributed by atoms with E-state index in [9.17, 15) is 19.4 Å². The molecule has 0 fully saturated rings. The Hall–Kier alpha value is -2.53. The van der Waals surface area contributed by atoms with E-state index < -0.39 is 22.7 Å². The van der Waals surface area contributed by atoms with Gasteiger partial charge >= 0.3 is 0 Å². The molecule has 0 saturated carbocycles. The zero-order chi connectivity index (χ0) is 15.1. The lowest BCUT2D eigenvalue weighted by Crippen LogP contribution is -2.08. The highest BCUT2D eigenvalue weighted by Crippen LogP contribution is 2.41. The van der Waals surface area contributed by atoms with Crippen molar-refractivity contribution in [1.82, 2.24) is 0 Å². The largest absolute Gasteiger partial charge is 0.504 e. The third kappa shape index (κ3) is 2.02. The van der Waals surface area contributed by atoms with Crippen LogP contribution in [-0.4, -0.2) is 10.2 Å². The summed E-state index contributed by atoms with van der Waals surface area (Å²) < 4.78 is 19.6. The summed E-state index contributed by atoms with van der Waals surface area (Å²) in [5.41, 5.74) is -0.648. The van der Waals surface area contributed by atoms with E-state index in [0.29, 0.717) is 0 Å². The Bertz CT molecular complexity index is 917. The van der Waals surface area contributed by atoms with Crippen molar-refractivity contribution >= 4 is 22.6 Å². The maximum atomic E-state index is 14.2. The third-order valence-electron chi connectivity index (χ3n) is 3.08. The molecule has 0 atom stereocenters. The summed E-state index contributed by atoms with van der Waals surface area (Å²) in [7, 11) is 0. The summed E-state index contributed by atoms with van der Waals surface area (Å²) >= 11 is 5.87. The Morgan fingerprint density at radius 2 is 1.81 bits per heavy atom. The molecule has 4 nitrogen and oxygen atoms in total. The first-order valence-corrected chi connectivity index (χ1v) is 6.30. The van der Waals surface area contributed by atoms with Gasteiger partial charge in [0.2, 0.25) is 11.2 Å². The van der Waals surface area contributed by atoms with Crippen molar-refractivity contribution < 1.29 is 19.0 Å². The van der Waals surface area contributed by atoms with E-state index in [2.05, 4.69) is 0 Å². The second-order valence-corrected chi connectivity index (χ2v) is 4.74. The van der Waals surface area contributed by atoms with Gasteiger partial charge in [-0.3, -0.25) is 4.79 Å². The van der Waals surface area contributed by atoms with Gasteiger partial charge in [-0.15, -0.1) is 0 Å². The molecule has 3 rings (SSSR count). The molecule has 0 radical (unpaired) electrons. The first-order valence-electron chi connectivity index (χ1n) is 5.93. The molecular formula is C15H8ClFO4. The van der Waals surface area contributed by atoms with Crippen LogP contribution in [0.4, 0.5) is 4.39 Å². The average Bonchev–Trinajstić information content (AvgIpc) is 2.49. The Labute approximate surface area is 122 Å². The van der Waals surface area contributed by atoms with Crippen LogP contribution in [0.25, 0.3) is 22.3 Å². The van der Waals surface area contributed by atoms with Crippen LogP contribution in [0.3, 0.4) is 0 Å². The van der Waals surface area contributed by atoms with Crippen molar-refractivity contribution in [3.8, 4) is 22.8 Å². The van der Waals surface area contributed by atoms with Crippen molar-refractivity contribution in [2.45, 2.75) is 0 Å². The lowest BCUT2D eigenvalue weighted by Gasteiger charge is -2.08. The summed E-state index contributed by atoms with van der Waals surface area (Å²) in [4.78, 5) is 12.0. The number of hydrogen-bond donors (Lipinski definition) is 2. The third-order valence-corrected chi connectivity index (χ3v) is 3.46. The van der Waals surface area contributed by atoms with Crippen molar-refractivity contribution in [1.29, 1.82) is 0 Å². The van der Waals surface area contributed by atoms with E-state index in [4.69, 9.17) is 16.0 Å². The van der Waals surface area contributed by atoms with E-state index >= 15 is 0 Å². The first-order chi connectivity index (χ1) is 10.0. The van der Waals surface area contributed by atoms with Crippen molar-refractivity contribution in [2.24, 2.45) is 0 Å². The minimum absolute atomic E-state index is 0.0210. The summed E-state index contributed by atoms with van der Waals surface area (Å²) in [6.07, 6.45) is 0. The van der Waals surface area contributed by atoms with Gasteiger partial charge in [-0.05, 0) is 24.3 Å². The topological polar surface area (TPSA) is 70.7 Å². The maximum Gasteiger partial charge on any atom is 0.229 e. The van der Waals surface area contributed by atoms with Gasteiger partial charge in [0, 0.05) is 5.56 Å². The van der Waals surface area contributed by atoms with Crippen LogP contribution in [0.15, 0.2) is 45.6 Å². The van der Waals surface area contributed by atoms with Crippen LogP contribution in [0, 0.1) is 5.82 Å². The van der Waals surface area contributed by atoms with Gasteiger partial charge in [-0.1, -0.05) is 23.7 Å². The molecule has 21 heavy (non-hydrogen) atoms. The minimum atomic E-state index is -1.11. The SMILES string of the molecule is O=c1c(F)c(-c2ccc(O)c(O)c2Cl)oc2ccccc12. The molecule has 2 aromatic carbocycles. The molecule has 0 saturated heterocycles. The Morgan fingerprint density at radius 3 is 2.57 bits per heavy atom. The molecule has 0 bridgehead atoms. The smallest absolute Gasteiger partial charge is 0.229 e. The van der Waals surface area contributed by atoms with Crippen LogP contribution < -0.4 is 5.43 Å². The number of fused-ring (bicyclic) bond motifs is 1.